The number of aryl methyl sites for hydroxylation is 2. The molecule has 0 aliphatic heterocycles. The van der Waals surface area contributed by atoms with E-state index in [0.29, 0.717) is 24.4 Å². The molecule has 1 aromatic heterocycles. The number of thiophene rings is 1. The summed E-state index contributed by atoms with van der Waals surface area (Å²) >= 11 is 1.61. The van der Waals surface area contributed by atoms with Gasteiger partial charge in [-0.1, -0.05) is 48.0 Å². The van der Waals surface area contributed by atoms with Gasteiger partial charge in [-0.05, 0) is 55.0 Å². The fourth-order valence-electron chi connectivity index (χ4n) is 2.77. The Bertz CT molecular complexity index is 945. The minimum atomic E-state index is -3.54. The van der Waals surface area contributed by atoms with Crippen LogP contribution in [0.1, 0.15) is 21.6 Å². The lowest BCUT2D eigenvalue weighted by molar-refractivity contribution is 0.411. The molecule has 5 heteroatoms. The van der Waals surface area contributed by atoms with E-state index in [9.17, 15) is 8.42 Å². The first kappa shape index (κ1) is 18.8. The van der Waals surface area contributed by atoms with E-state index >= 15 is 0 Å². The van der Waals surface area contributed by atoms with Crippen LogP contribution >= 0.6 is 11.3 Å². The molecular formula is C21H23NO2S2. The quantitative estimate of drug-likeness (QED) is 0.586. The smallest absolute Gasteiger partial charge is 0.207 e. The normalized spacial score (nSPS) is 11.8. The van der Waals surface area contributed by atoms with E-state index in [2.05, 4.69) is 0 Å². The van der Waals surface area contributed by atoms with Gasteiger partial charge in [0.2, 0.25) is 10.0 Å². The number of sulfonamides is 1. The maximum atomic E-state index is 13.2. The molecule has 0 aliphatic carbocycles. The lowest BCUT2D eigenvalue weighted by atomic mass is 10.1. The van der Waals surface area contributed by atoms with Gasteiger partial charge in [0.15, 0.2) is 0 Å². The summed E-state index contributed by atoms with van der Waals surface area (Å²) in [6, 6.07) is 19.1. The van der Waals surface area contributed by atoms with Crippen LogP contribution in [0, 0.1) is 13.8 Å². The molecule has 0 bridgehead atoms. The van der Waals surface area contributed by atoms with Crippen LogP contribution in [0.2, 0.25) is 0 Å². The van der Waals surface area contributed by atoms with Gasteiger partial charge in [-0.2, -0.15) is 4.31 Å². The highest BCUT2D eigenvalue weighted by molar-refractivity contribution is 7.89. The predicted molar refractivity (Wildman–Crippen MR) is 108 cm³/mol. The lowest BCUT2D eigenvalue weighted by Gasteiger charge is -2.22. The predicted octanol–water partition coefficient (Wildman–Crippen LogP) is 4.80. The van der Waals surface area contributed by atoms with Crippen LogP contribution in [0.4, 0.5) is 0 Å². The monoisotopic (exact) mass is 385 g/mol. The summed E-state index contributed by atoms with van der Waals surface area (Å²) in [7, 11) is -3.54. The molecule has 26 heavy (non-hydrogen) atoms. The van der Waals surface area contributed by atoms with Crippen molar-refractivity contribution >= 4 is 21.4 Å². The number of nitrogens with zero attached hydrogens (tertiary/aromatic N) is 1. The van der Waals surface area contributed by atoms with Gasteiger partial charge in [0.05, 0.1) is 4.90 Å². The van der Waals surface area contributed by atoms with Gasteiger partial charge in [-0.25, -0.2) is 8.42 Å². The van der Waals surface area contributed by atoms with Crippen molar-refractivity contribution in [2.75, 3.05) is 6.54 Å². The van der Waals surface area contributed by atoms with Crippen molar-refractivity contribution in [3.8, 4) is 0 Å². The molecule has 0 amide bonds. The van der Waals surface area contributed by atoms with Crippen LogP contribution in [0.25, 0.3) is 0 Å². The van der Waals surface area contributed by atoms with Crippen molar-refractivity contribution in [2.45, 2.75) is 31.7 Å². The van der Waals surface area contributed by atoms with Crippen molar-refractivity contribution < 1.29 is 8.42 Å². The van der Waals surface area contributed by atoms with Gasteiger partial charge in [-0.3, -0.25) is 0 Å². The first-order valence-electron chi connectivity index (χ1n) is 8.60. The topological polar surface area (TPSA) is 37.4 Å². The highest BCUT2D eigenvalue weighted by Crippen LogP contribution is 2.23. The standard InChI is InChI=1S/C21H23NO2S2/c1-17-8-10-20(11-9-17)26(23,24)22(16-21-18(2)13-15-25-21)14-12-19-6-4-3-5-7-19/h3-11,13,15H,12,14,16H2,1-2H3. The van der Waals surface area contributed by atoms with Crippen LogP contribution < -0.4 is 0 Å². The Balaban J connectivity index is 1.88. The Morgan fingerprint density at radius 2 is 1.62 bits per heavy atom. The molecule has 0 fully saturated rings. The van der Waals surface area contributed by atoms with Gasteiger partial charge in [0.1, 0.15) is 0 Å². The molecule has 3 aromatic rings. The molecule has 0 saturated heterocycles. The molecule has 3 nitrogen and oxygen atoms in total. The van der Waals surface area contributed by atoms with Crippen molar-refractivity contribution in [3.63, 3.8) is 0 Å². The molecule has 0 radical (unpaired) electrons. The molecule has 0 aliphatic rings. The fourth-order valence-corrected chi connectivity index (χ4v) is 5.18. The Morgan fingerprint density at radius 1 is 0.923 bits per heavy atom. The van der Waals surface area contributed by atoms with E-state index < -0.39 is 10.0 Å². The largest absolute Gasteiger partial charge is 0.243 e. The van der Waals surface area contributed by atoms with Crippen molar-refractivity contribution in [1.82, 2.24) is 4.31 Å². The molecule has 0 spiro atoms. The van der Waals surface area contributed by atoms with Crippen LogP contribution in [0.5, 0.6) is 0 Å². The second-order valence-electron chi connectivity index (χ2n) is 6.41. The Kier molecular flexibility index (Phi) is 5.91. The average Bonchev–Trinajstić information content (AvgIpc) is 3.04. The van der Waals surface area contributed by atoms with Gasteiger partial charge >= 0.3 is 0 Å². The third kappa shape index (κ3) is 4.41. The number of benzene rings is 2. The van der Waals surface area contributed by atoms with Crippen LogP contribution in [-0.4, -0.2) is 19.3 Å². The Hall–Kier alpha value is -1.95. The van der Waals surface area contributed by atoms with E-state index in [1.807, 2.05) is 67.8 Å². The van der Waals surface area contributed by atoms with Crippen LogP contribution in [0.15, 0.2) is 70.9 Å². The van der Waals surface area contributed by atoms with Crippen molar-refractivity contribution in [1.29, 1.82) is 0 Å². The summed E-state index contributed by atoms with van der Waals surface area (Å²) in [5.41, 5.74) is 3.33. The number of rotatable bonds is 7. The van der Waals surface area contributed by atoms with Gasteiger partial charge in [0, 0.05) is 18.0 Å². The highest BCUT2D eigenvalue weighted by Gasteiger charge is 2.25. The van der Waals surface area contributed by atoms with Gasteiger partial charge in [-0.15, -0.1) is 11.3 Å². The Morgan fingerprint density at radius 3 is 2.23 bits per heavy atom. The minimum Gasteiger partial charge on any atom is -0.207 e. The van der Waals surface area contributed by atoms with E-state index in [1.165, 1.54) is 0 Å². The third-order valence-corrected chi connectivity index (χ3v) is 7.31. The summed E-state index contributed by atoms with van der Waals surface area (Å²) in [6.45, 7) is 4.85. The van der Waals surface area contributed by atoms with Crippen molar-refractivity contribution in [2.24, 2.45) is 0 Å². The Labute approximate surface area is 160 Å². The van der Waals surface area contributed by atoms with Crippen molar-refractivity contribution in [3.05, 3.63) is 87.6 Å². The maximum absolute atomic E-state index is 13.2. The summed E-state index contributed by atoms with van der Waals surface area (Å²) < 4.78 is 28.1. The lowest BCUT2D eigenvalue weighted by Crippen LogP contribution is -2.32. The number of hydrogen-bond acceptors (Lipinski definition) is 3. The first-order valence-corrected chi connectivity index (χ1v) is 10.9. The molecule has 2 aromatic carbocycles. The summed E-state index contributed by atoms with van der Waals surface area (Å²) in [5.74, 6) is 0. The zero-order chi connectivity index (χ0) is 18.6. The first-order chi connectivity index (χ1) is 12.5. The zero-order valence-electron chi connectivity index (χ0n) is 15.1. The highest BCUT2D eigenvalue weighted by atomic mass is 32.2. The molecule has 0 atom stereocenters. The second-order valence-corrected chi connectivity index (χ2v) is 9.35. The molecule has 136 valence electrons. The van der Waals surface area contributed by atoms with Crippen LogP contribution in [-0.2, 0) is 23.0 Å². The molecule has 1 heterocycles. The SMILES string of the molecule is Cc1ccc(S(=O)(=O)N(CCc2ccccc2)Cc2sccc2C)cc1. The average molecular weight is 386 g/mol. The van der Waals surface area contributed by atoms with E-state index in [-0.39, 0.29) is 0 Å². The van der Waals surface area contributed by atoms with E-state index in [1.54, 1.807) is 27.8 Å². The summed E-state index contributed by atoms with van der Waals surface area (Å²) in [6.07, 6.45) is 0.691. The number of hydrogen-bond donors (Lipinski definition) is 0. The zero-order valence-corrected chi connectivity index (χ0v) is 16.7. The van der Waals surface area contributed by atoms with Gasteiger partial charge < -0.3 is 0 Å². The minimum absolute atomic E-state index is 0.352. The van der Waals surface area contributed by atoms with Gasteiger partial charge in [0.25, 0.3) is 0 Å². The van der Waals surface area contributed by atoms with E-state index in [4.69, 9.17) is 0 Å². The summed E-state index contributed by atoms with van der Waals surface area (Å²) in [4.78, 5) is 1.44. The summed E-state index contributed by atoms with van der Waals surface area (Å²) in [5, 5.41) is 2.01. The second kappa shape index (κ2) is 8.16. The van der Waals surface area contributed by atoms with Crippen LogP contribution in [0.3, 0.4) is 0 Å². The van der Waals surface area contributed by atoms with E-state index in [0.717, 1.165) is 21.6 Å². The molecule has 0 unspecified atom stereocenters. The molecule has 3 rings (SSSR count). The molecule has 0 N–H and O–H groups in total. The fraction of sp³-hybridized carbons (Fsp3) is 0.238. The molecule has 0 saturated carbocycles. The molecular weight excluding hydrogens is 362 g/mol. The third-order valence-electron chi connectivity index (χ3n) is 4.44. The maximum Gasteiger partial charge on any atom is 0.243 e.